The summed E-state index contributed by atoms with van der Waals surface area (Å²) in [6.07, 6.45) is 0. The molecule has 0 radical (unpaired) electrons. The van der Waals surface area contributed by atoms with Gasteiger partial charge in [-0.05, 0) is 36.2 Å². The van der Waals surface area contributed by atoms with E-state index in [4.69, 9.17) is 16.3 Å². The Hall–Kier alpha value is -2.63. The van der Waals surface area contributed by atoms with E-state index in [1.54, 1.807) is 24.3 Å². The van der Waals surface area contributed by atoms with Crippen molar-refractivity contribution in [3.63, 3.8) is 0 Å². The Labute approximate surface area is 160 Å². The molecule has 6 heteroatoms. The molecule has 2 aromatic carbocycles. The van der Waals surface area contributed by atoms with Crippen molar-refractivity contribution >= 4 is 39.8 Å². The molecule has 3 aromatic rings. The van der Waals surface area contributed by atoms with Gasteiger partial charge in [-0.2, -0.15) is 0 Å². The smallest absolute Gasteiger partial charge is 0.341 e. The first kappa shape index (κ1) is 18.2. The van der Waals surface area contributed by atoms with Gasteiger partial charge in [0.05, 0.1) is 7.11 Å². The number of ether oxygens (including phenoxy) is 1. The first-order chi connectivity index (χ1) is 12.5. The van der Waals surface area contributed by atoms with Crippen LogP contribution in [0.4, 0.5) is 5.00 Å². The summed E-state index contributed by atoms with van der Waals surface area (Å²) in [5.74, 6) is -0.769. The van der Waals surface area contributed by atoms with Crippen LogP contribution >= 0.6 is 22.9 Å². The fourth-order valence-electron chi connectivity index (χ4n) is 2.59. The van der Waals surface area contributed by atoms with E-state index >= 15 is 0 Å². The van der Waals surface area contributed by atoms with E-state index in [1.807, 2.05) is 36.6 Å². The molecule has 0 saturated heterocycles. The number of halogens is 1. The molecule has 0 unspecified atom stereocenters. The van der Waals surface area contributed by atoms with E-state index in [0.29, 0.717) is 26.7 Å². The first-order valence-electron chi connectivity index (χ1n) is 7.84. The number of methoxy groups -OCH3 is 1. The minimum Gasteiger partial charge on any atom is -0.465 e. The summed E-state index contributed by atoms with van der Waals surface area (Å²) in [5, 5.41) is 5.72. The van der Waals surface area contributed by atoms with Gasteiger partial charge in [-0.15, -0.1) is 11.3 Å². The molecule has 1 aromatic heterocycles. The normalized spacial score (nSPS) is 10.4. The maximum Gasteiger partial charge on any atom is 0.341 e. The van der Waals surface area contributed by atoms with Crippen molar-refractivity contribution in [2.75, 3.05) is 12.4 Å². The highest BCUT2D eigenvalue weighted by molar-refractivity contribution is 7.15. The highest BCUT2D eigenvalue weighted by atomic mass is 35.5. The van der Waals surface area contributed by atoms with Crippen molar-refractivity contribution in [3.05, 3.63) is 75.6 Å². The summed E-state index contributed by atoms with van der Waals surface area (Å²) >= 11 is 7.22. The molecule has 0 atom stereocenters. The molecule has 3 rings (SSSR count). The van der Waals surface area contributed by atoms with Crippen LogP contribution in [0.1, 0.15) is 26.3 Å². The monoisotopic (exact) mass is 385 g/mol. The van der Waals surface area contributed by atoms with Gasteiger partial charge in [-0.3, -0.25) is 4.79 Å². The SMILES string of the molecule is COC(=O)c1c(-c2ccc(Cl)cc2)csc1NC(=O)c1ccccc1C. The maximum absolute atomic E-state index is 12.6. The van der Waals surface area contributed by atoms with Gasteiger partial charge in [0, 0.05) is 21.5 Å². The van der Waals surface area contributed by atoms with Crippen LogP contribution in [0.5, 0.6) is 0 Å². The van der Waals surface area contributed by atoms with Gasteiger partial charge in [-0.25, -0.2) is 4.79 Å². The Morgan fingerprint density at radius 1 is 1.08 bits per heavy atom. The molecule has 1 N–H and O–H groups in total. The Morgan fingerprint density at radius 2 is 1.77 bits per heavy atom. The van der Waals surface area contributed by atoms with Crippen LogP contribution < -0.4 is 5.32 Å². The van der Waals surface area contributed by atoms with E-state index in [2.05, 4.69) is 5.32 Å². The van der Waals surface area contributed by atoms with E-state index in [-0.39, 0.29) is 5.91 Å². The van der Waals surface area contributed by atoms with E-state index in [0.717, 1.165) is 11.1 Å². The van der Waals surface area contributed by atoms with Gasteiger partial charge in [0.25, 0.3) is 5.91 Å². The van der Waals surface area contributed by atoms with Crippen molar-refractivity contribution in [2.45, 2.75) is 6.92 Å². The zero-order chi connectivity index (χ0) is 18.7. The number of nitrogens with one attached hydrogen (secondary N) is 1. The molecule has 0 saturated carbocycles. The number of anilines is 1. The second kappa shape index (κ2) is 7.72. The van der Waals surface area contributed by atoms with Gasteiger partial charge in [-0.1, -0.05) is 41.9 Å². The summed E-state index contributed by atoms with van der Waals surface area (Å²) in [7, 11) is 1.32. The van der Waals surface area contributed by atoms with Crippen LogP contribution in [0.3, 0.4) is 0 Å². The quantitative estimate of drug-likeness (QED) is 0.610. The lowest BCUT2D eigenvalue weighted by Gasteiger charge is -2.09. The van der Waals surface area contributed by atoms with Gasteiger partial charge in [0.1, 0.15) is 10.6 Å². The zero-order valence-electron chi connectivity index (χ0n) is 14.2. The lowest BCUT2D eigenvalue weighted by atomic mass is 10.0. The third kappa shape index (κ3) is 3.64. The molecule has 26 heavy (non-hydrogen) atoms. The average Bonchev–Trinajstić information content (AvgIpc) is 3.05. The molecule has 4 nitrogen and oxygen atoms in total. The molecule has 0 aliphatic carbocycles. The van der Waals surface area contributed by atoms with Crippen LogP contribution in [-0.4, -0.2) is 19.0 Å². The van der Waals surface area contributed by atoms with Gasteiger partial charge >= 0.3 is 5.97 Å². The van der Waals surface area contributed by atoms with Crippen LogP contribution in [0, 0.1) is 6.92 Å². The molecular weight excluding hydrogens is 370 g/mol. The zero-order valence-corrected chi connectivity index (χ0v) is 15.8. The standard InChI is InChI=1S/C20H16ClNO3S/c1-12-5-3-4-6-15(12)18(23)22-19-17(20(24)25-2)16(11-26-19)13-7-9-14(21)10-8-13/h3-11H,1-2H3,(H,22,23). The number of esters is 1. The van der Waals surface area contributed by atoms with Crippen LogP contribution in [-0.2, 0) is 4.74 Å². The number of rotatable bonds is 4. The van der Waals surface area contributed by atoms with Crippen molar-refractivity contribution in [1.29, 1.82) is 0 Å². The summed E-state index contributed by atoms with van der Waals surface area (Å²) in [6, 6.07) is 14.4. The van der Waals surface area contributed by atoms with E-state index in [1.165, 1.54) is 18.4 Å². The van der Waals surface area contributed by atoms with Crippen LogP contribution in [0.15, 0.2) is 53.9 Å². The Kier molecular flexibility index (Phi) is 5.40. The number of carbonyl (C=O) groups is 2. The fraction of sp³-hybridized carbons (Fsp3) is 0.100. The second-order valence-corrected chi connectivity index (χ2v) is 6.94. The maximum atomic E-state index is 12.6. The Bertz CT molecular complexity index is 963. The molecule has 1 amide bonds. The second-order valence-electron chi connectivity index (χ2n) is 5.62. The summed E-state index contributed by atoms with van der Waals surface area (Å²) in [6.45, 7) is 1.86. The highest BCUT2D eigenvalue weighted by Gasteiger charge is 2.23. The van der Waals surface area contributed by atoms with Crippen LogP contribution in [0.25, 0.3) is 11.1 Å². The number of hydrogen-bond acceptors (Lipinski definition) is 4. The lowest BCUT2D eigenvalue weighted by Crippen LogP contribution is -2.15. The highest BCUT2D eigenvalue weighted by Crippen LogP contribution is 2.36. The minimum absolute atomic E-state index is 0.266. The summed E-state index contributed by atoms with van der Waals surface area (Å²) in [5.41, 5.74) is 3.27. The lowest BCUT2D eigenvalue weighted by molar-refractivity contribution is 0.0603. The fourth-order valence-corrected chi connectivity index (χ4v) is 3.67. The Morgan fingerprint density at radius 3 is 2.42 bits per heavy atom. The molecule has 132 valence electrons. The van der Waals surface area contributed by atoms with E-state index in [9.17, 15) is 9.59 Å². The van der Waals surface area contributed by atoms with Gasteiger partial charge < -0.3 is 10.1 Å². The average molecular weight is 386 g/mol. The van der Waals surface area contributed by atoms with Crippen molar-refractivity contribution < 1.29 is 14.3 Å². The predicted octanol–water partition coefficient (Wildman–Crippen LogP) is 5.42. The molecule has 0 aliphatic rings. The third-order valence-electron chi connectivity index (χ3n) is 3.95. The predicted molar refractivity (Wildman–Crippen MR) is 105 cm³/mol. The van der Waals surface area contributed by atoms with Gasteiger partial charge in [0.2, 0.25) is 0 Å². The largest absolute Gasteiger partial charge is 0.465 e. The van der Waals surface area contributed by atoms with Gasteiger partial charge in [0.15, 0.2) is 0 Å². The van der Waals surface area contributed by atoms with E-state index < -0.39 is 5.97 Å². The third-order valence-corrected chi connectivity index (χ3v) is 5.10. The van der Waals surface area contributed by atoms with Crippen molar-refractivity contribution in [3.8, 4) is 11.1 Å². The summed E-state index contributed by atoms with van der Waals surface area (Å²) in [4.78, 5) is 25.0. The Balaban J connectivity index is 2.00. The number of carbonyl (C=O) groups excluding carboxylic acids is 2. The van der Waals surface area contributed by atoms with Crippen LogP contribution in [0.2, 0.25) is 5.02 Å². The minimum atomic E-state index is -0.503. The molecule has 0 bridgehead atoms. The van der Waals surface area contributed by atoms with Crippen molar-refractivity contribution in [1.82, 2.24) is 0 Å². The number of benzene rings is 2. The molecular formula is C20H16ClNO3S. The molecule has 0 aliphatic heterocycles. The number of thiophene rings is 1. The topological polar surface area (TPSA) is 55.4 Å². The molecule has 0 spiro atoms. The number of hydrogen-bond donors (Lipinski definition) is 1. The molecule has 1 heterocycles. The van der Waals surface area contributed by atoms with Crippen molar-refractivity contribution in [2.24, 2.45) is 0 Å². The number of aryl methyl sites for hydroxylation is 1. The first-order valence-corrected chi connectivity index (χ1v) is 9.09. The summed E-state index contributed by atoms with van der Waals surface area (Å²) < 4.78 is 4.92. The molecule has 0 fully saturated rings. The number of amides is 1.